The van der Waals surface area contributed by atoms with E-state index < -0.39 is 17.2 Å². The zero-order valence-corrected chi connectivity index (χ0v) is 22.6. The van der Waals surface area contributed by atoms with Gasteiger partial charge in [-0.2, -0.15) is 15.5 Å². The van der Waals surface area contributed by atoms with Crippen LogP contribution < -0.4 is 10.6 Å². The standard InChI is InChI=1S/C28H27F2N9O2/c1-16-10-23(38-37-16)35-26-22(30)11-20(12-31)25(36-26)18-6-8-28(41-3,9-7-18)27(40)34-17(2)19-4-5-24(32-13-19)39-15-21(29)14-33-39/h4-6,10-11,13-15,17H,7-9H2,1-3H3,(H,34,40)(H2,35,36,37,38)/t17-,28?/m0/s1. The number of hydrogen-bond acceptors (Lipinski definition) is 8. The van der Waals surface area contributed by atoms with Crippen LogP contribution in [0, 0.1) is 29.9 Å². The Bertz CT molecular complexity index is 1660. The summed E-state index contributed by atoms with van der Waals surface area (Å²) in [5, 5.41) is 26.2. The highest BCUT2D eigenvalue weighted by Crippen LogP contribution is 2.37. The fraction of sp³-hybridized carbons (Fsp3) is 0.286. The monoisotopic (exact) mass is 559 g/mol. The van der Waals surface area contributed by atoms with Gasteiger partial charge in [0.15, 0.2) is 29.1 Å². The van der Waals surface area contributed by atoms with Crippen LogP contribution in [0.15, 0.2) is 48.9 Å². The summed E-state index contributed by atoms with van der Waals surface area (Å²) in [4.78, 5) is 22.1. The molecule has 3 N–H and O–H groups in total. The fourth-order valence-corrected chi connectivity index (χ4v) is 4.66. The fourth-order valence-electron chi connectivity index (χ4n) is 4.66. The number of halogens is 2. The first-order chi connectivity index (χ1) is 19.7. The molecule has 0 spiro atoms. The van der Waals surface area contributed by atoms with E-state index in [0.717, 1.165) is 23.5 Å². The lowest BCUT2D eigenvalue weighted by atomic mass is 9.82. The van der Waals surface area contributed by atoms with Crippen LogP contribution in [-0.2, 0) is 9.53 Å². The van der Waals surface area contributed by atoms with Gasteiger partial charge in [0.1, 0.15) is 11.7 Å². The maximum atomic E-state index is 14.7. The van der Waals surface area contributed by atoms with Crippen molar-refractivity contribution in [3.63, 3.8) is 0 Å². The second-order valence-electron chi connectivity index (χ2n) is 9.77. The molecule has 41 heavy (non-hydrogen) atoms. The van der Waals surface area contributed by atoms with Gasteiger partial charge in [0.05, 0.1) is 29.7 Å². The Labute approximate surface area is 234 Å². The third-order valence-electron chi connectivity index (χ3n) is 7.04. The van der Waals surface area contributed by atoms with Crippen molar-refractivity contribution in [3.05, 3.63) is 83.1 Å². The highest BCUT2D eigenvalue weighted by molar-refractivity contribution is 5.87. The number of rotatable bonds is 8. The molecular formula is C28H27F2N9O2. The lowest BCUT2D eigenvalue weighted by Gasteiger charge is -2.35. The van der Waals surface area contributed by atoms with Crippen molar-refractivity contribution in [1.29, 1.82) is 5.26 Å². The van der Waals surface area contributed by atoms with Crippen LogP contribution in [0.25, 0.3) is 11.4 Å². The second kappa shape index (κ2) is 11.3. The maximum absolute atomic E-state index is 14.7. The van der Waals surface area contributed by atoms with E-state index >= 15 is 0 Å². The molecule has 210 valence electrons. The van der Waals surface area contributed by atoms with Crippen molar-refractivity contribution >= 4 is 23.1 Å². The SMILES string of the molecule is COC1(C(=O)N[C@@H](C)c2ccc(-n3cc(F)cn3)nc2)CC=C(c2nc(Nc3cc(C)[nH]n3)c(F)cc2C#N)CC1. The van der Waals surface area contributed by atoms with E-state index in [9.17, 15) is 18.8 Å². The minimum atomic E-state index is -1.14. The van der Waals surface area contributed by atoms with Gasteiger partial charge in [0.25, 0.3) is 5.91 Å². The predicted molar refractivity (Wildman–Crippen MR) is 145 cm³/mol. The van der Waals surface area contributed by atoms with E-state index in [-0.39, 0.29) is 29.8 Å². The zero-order valence-electron chi connectivity index (χ0n) is 22.6. The molecule has 0 radical (unpaired) electrons. The van der Waals surface area contributed by atoms with Crippen LogP contribution in [0.1, 0.15) is 54.7 Å². The average Bonchev–Trinajstić information content (AvgIpc) is 3.61. The Morgan fingerprint density at radius 2 is 2.12 bits per heavy atom. The number of aryl methyl sites for hydroxylation is 1. The second-order valence-corrected chi connectivity index (χ2v) is 9.77. The van der Waals surface area contributed by atoms with E-state index in [1.54, 1.807) is 30.5 Å². The van der Waals surface area contributed by atoms with Crippen LogP contribution in [0.3, 0.4) is 0 Å². The molecule has 0 aliphatic heterocycles. The van der Waals surface area contributed by atoms with Crippen LogP contribution in [0.5, 0.6) is 0 Å². The van der Waals surface area contributed by atoms with Crippen molar-refractivity contribution in [3.8, 4) is 11.9 Å². The van der Waals surface area contributed by atoms with Crippen LogP contribution >= 0.6 is 0 Å². The van der Waals surface area contributed by atoms with Crippen LogP contribution in [-0.4, -0.2) is 48.6 Å². The van der Waals surface area contributed by atoms with E-state index in [2.05, 4.69) is 35.9 Å². The van der Waals surface area contributed by atoms with Crippen LogP contribution in [0.2, 0.25) is 0 Å². The Morgan fingerprint density at radius 3 is 2.71 bits per heavy atom. The number of anilines is 2. The summed E-state index contributed by atoms with van der Waals surface area (Å²) in [5.41, 5.74) is 1.54. The maximum Gasteiger partial charge on any atom is 0.253 e. The highest BCUT2D eigenvalue weighted by Gasteiger charge is 2.41. The molecule has 4 aromatic heterocycles. The molecule has 0 bridgehead atoms. The van der Waals surface area contributed by atoms with E-state index in [1.807, 2.05) is 19.9 Å². The van der Waals surface area contributed by atoms with Gasteiger partial charge < -0.3 is 15.4 Å². The van der Waals surface area contributed by atoms with Gasteiger partial charge in [-0.1, -0.05) is 12.1 Å². The summed E-state index contributed by atoms with van der Waals surface area (Å²) in [6.45, 7) is 3.64. The molecule has 1 amide bonds. The summed E-state index contributed by atoms with van der Waals surface area (Å²) >= 11 is 0. The number of carbonyl (C=O) groups is 1. The van der Waals surface area contributed by atoms with Crippen molar-refractivity contribution < 1.29 is 18.3 Å². The molecule has 4 heterocycles. The normalized spacial score (nSPS) is 17.4. The van der Waals surface area contributed by atoms with Gasteiger partial charge in [0, 0.05) is 31.5 Å². The van der Waals surface area contributed by atoms with Crippen LogP contribution in [0.4, 0.5) is 20.4 Å². The number of aromatic nitrogens is 6. The van der Waals surface area contributed by atoms with Crippen molar-refractivity contribution in [2.24, 2.45) is 0 Å². The van der Waals surface area contributed by atoms with Crippen molar-refractivity contribution in [2.75, 3.05) is 12.4 Å². The minimum Gasteiger partial charge on any atom is -0.368 e. The molecule has 5 rings (SSSR count). The number of amides is 1. The Kier molecular flexibility index (Phi) is 7.58. The van der Waals surface area contributed by atoms with Crippen molar-refractivity contribution in [2.45, 2.75) is 44.8 Å². The molecule has 2 atom stereocenters. The Morgan fingerprint density at radius 1 is 1.29 bits per heavy atom. The molecule has 0 aromatic carbocycles. The van der Waals surface area contributed by atoms with Gasteiger partial charge in [0.2, 0.25) is 0 Å². The number of methoxy groups -OCH3 is 1. The predicted octanol–water partition coefficient (Wildman–Crippen LogP) is 4.42. The zero-order chi connectivity index (χ0) is 29.1. The molecule has 1 unspecified atom stereocenters. The molecule has 13 heteroatoms. The summed E-state index contributed by atoms with van der Waals surface area (Å²) in [7, 11) is 1.48. The van der Waals surface area contributed by atoms with Gasteiger partial charge in [-0.3, -0.25) is 9.89 Å². The number of nitrogens with zero attached hydrogens (tertiary/aromatic N) is 6. The lowest BCUT2D eigenvalue weighted by molar-refractivity contribution is -0.145. The summed E-state index contributed by atoms with van der Waals surface area (Å²) in [5.74, 6) is -0.666. The van der Waals surface area contributed by atoms with Gasteiger partial charge in [-0.05, 0) is 50.0 Å². The third-order valence-corrected chi connectivity index (χ3v) is 7.04. The minimum absolute atomic E-state index is 0.0566. The molecule has 1 aliphatic rings. The number of nitrogens with one attached hydrogen (secondary N) is 3. The molecule has 0 fully saturated rings. The number of allylic oxidation sites excluding steroid dienone is 1. The first-order valence-electron chi connectivity index (χ1n) is 12.8. The molecular weight excluding hydrogens is 532 g/mol. The number of aromatic amines is 1. The number of H-pyrrole nitrogens is 1. The summed E-state index contributed by atoms with van der Waals surface area (Å²) in [6, 6.07) is 7.93. The lowest BCUT2D eigenvalue weighted by Crippen LogP contribution is -2.49. The van der Waals surface area contributed by atoms with Gasteiger partial charge in [-0.15, -0.1) is 0 Å². The molecule has 4 aromatic rings. The Hall–Kier alpha value is -4.96. The van der Waals surface area contributed by atoms with Crippen molar-refractivity contribution in [1.82, 2.24) is 35.3 Å². The van der Waals surface area contributed by atoms with Gasteiger partial charge >= 0.3 is 0 Å². The third kappa shape index (κ3) is 5.68. The number of hydrogen-bond donors (Lipinski definition) is 3. The number of nitriles is 1. The highest BCUT2D eigenvalue weighted by atomic mass is 19.1. The first-order valence-corrected chi connectivity index (χ1v) is 12.8. The quantitative estimate of drug-likeness (QED) is 0.288. The molecule has 11 nitrogen and oxygen atoms in total. The first kappa shape index (κ1) is 27.6. The van der Waals surface area contributed by atoms with E-state index in [0.29, 0.717) is 35.7 Å². The number of pyridine rings is 2. The summed E-state index contributed by atoms with van der Waals surface area (Å²) in [6.07, 6.45) is 6.64. The largest absolute Gasteiger partial charge is 0.368 e. The molecule has 0 saturated heterocycles. The summed E-state index contributed by atoms with van der Waals surface area (Å²) < 4.78 is 35.0. The molecule has 0 saturated carbocycles. The van der Waals surface area contributed by atoms with Gasteiger partial charge in [-0.25, -0.2) is 23.4 Å². The molecule has 1 aliphatic carbocycles. The van der Waals surface area contributed by atoms with E-state index in [4.69, 9.17) is 4.74 Å². The topological polar surface area (TPSA) is 146 Å². The smallest absolute Gasteiger partial charge is 0.253 e. The average molecular weight is 560 g/mol. The Balaban J connectivity index is 1.31. The number of ether oxygens (including phenoxy) is 1. The number of carbonyl (C=O) groups excluding carboxylic acids is 1. The van der Waals surface area contributed by atoms with E-state index in [1.165, 1.54) is 18.0 Å².